The van der Waals surface area contributed by atoms with Gasteiger partial charge >= 0.3 is 0 Å². The van der Waals surface area contributed by atoms with E-state index in [1.54, 1.807) is 0 Å². The van der Waals surface area contributed by atoms with E-state index in [0.717, 1.165) is 43.2 Å². The molecule has 0 spiro atoms. The van der Waals surface area contributed by atoms with Gasteiger partial charge in [-0.3, -0.25) is 4.79 Å². The minimum Gasteiger partial charge on any atom is -0.491 e. The standard InChI is InChI=1S/C22H26N2O3/c1-17(18-5-3-2-4-6-18)22(25)24-11-14-27-21-8-7-20(15-19(21)16-24)23-9-12-26-13-10-23/h2-8,15,17H,9-14,16H2,1H3. The van der Waals surface area contributed by atoms with Gasteiger partial charge in [0, 0.05) is 30.9 Å². The Kier molecular flexibility index (Phi) is 5.30. The normalized spacial score (nSPS) is 18.3. The van der Waals surface area contributed by atoms with Crippen molar-refractivity contribution in [3.8, 4) is 5.75 Å². The summed E-state index contributed by atoms with van der Waals surface area (Å²) in [5, 5.41) is 0. The summed E-state index contributed by atoms with van der Waals surface area (Å²) < 4.78 is 11.4. The van der Waals surface area contributed by atoms with Gasteiger partial charge in [-0.15, -0.1) is 0 Å². The molecule has 1 atom stereocenters. The van der Waals surface area contributed by atoms with Crippen LogP contribution in [0.3, 0.4) is 0 Å². The van der Waals surface area contributed by atoms with E-state index in [0.29, 0.717) is 19.7 Å². The quantitative estimate of drug-likeness (QED) is 0.837. The van der Waals surface area contributed by atoms with Gasteiger partial charge in [-0.25, -0.2) is 0 Å². The topological polar surface area (TPSA) is 42.0 Å². The number of amides is 1. The van der Waals surface area contributed by atoms with Crippen molar-refractivity contribution in [3.05, 3.63) is 59.7 Å². The van der Waals surface area contributed by atoms with Crippen LogP contribution < -0.4 is 9.64 Å². The summed E-state index contributed by atoms with van der Waals surface area (Å²) in [5.74, 6) is 0.874. The molecule has 4 rings (SSSR count). The first kappa shape index (κ1) is 17.9. The molecule has 2 aromatic rings. The molecule has 0 N–H and O–H groups in total. The second-order valence-electron chi connectivity index (χ2n) is 7.13. The molecule has 2 aliphatic rings. The summed E-state index contributed by atoms with van der Waals surface area (Å²) in [6, 6.07) is 16.3. The van der Waals surface area contributed by atoms with Gasteiger partial charge in [-0.2, -0.15) is 0 Å². The monoisotopic (exact) mass is 366 g/mol. The second-order valence-corrected chi connectivity index (χ2v) is 7.13. The van der Waals surface area contributed by atoms with Gasteiger partial charge in [-0.1, -0.05) is 30.3 Å². The lowest BCUT2D eigenvalue weighted by atomic mass is 9.99. The highest BCUT2D eigenvalue weighted by atomic mass is 16.5. The molecular formula is C22H26N2O3. The number of rotatable bonds is 3. The molecule has 0 radical (unpaired) electrons. The number of fused-ring (bicyclic) bond motifs is 1. The number of nitrogens with zero attached hydrogens (tertiary/aromatic N) is 2. The Hall–Kier alpha value is -2.53. The number of benzene rings is 2. The molecule has 5 heteroatoms. The van der Waals surface area contributed by atoms with Crippen molar-refractivity contribution in [1.29, 1.82) is 0 Å². The number of carbonyl (C=O) groups is 1. The Morgan fingerprint density at radius 3 is 2.56 bits per heavy atom. The number of carbonyl (C=O) groups excluding carboxylic acids is 1. The van der Waals surface area contributed by atoms with E-state index >= 15 is 0 Å². The molecule has 1 unspecified atom stereocenters. The van der Waals surface area contributed by atoms with Crippen LogP contribution in [0.15, 0.2) is 48.5 Å². The maximum Gasteiger partial charge on any atom is 0.230 e. The summed E-state index contributed by atoms with van der Waals surface area (Å²) in [5.41, 5.74) is 3.30. The molecule has 2 aliphatic heterocycles. The molecule has 1 fully saturated rings. The molecule has 0 aliphatic carbocycles. The Balaban J connectivity index is 1.53. The molecule has 142 valence electrons. The van der Waals surface area contributed by atoms with Gasteiger partial charge in [0.1, 0.15) is 12.4 Å². The van der Waals surface area contributed by atoms with E-state index < -0.39 is 0 Å². The van der Waals surface area contributed by atoms with Crippen molar-refractivity contribution in [1.82, 2.24) is 4.90 Å². The third kappa shape index (κ3) is 3.93. The van der Waals surface area contributed by atoms with Crippen molar-refractivity contribution in [2.24, 2.45) is 0 Å². The average molecular weight is 366 g/mol. The van der Waals surface area contributed by atoms with E-state index in [9.17, 15) is 4.79 Å². The molecular weight excluding hydrogens is 340 g/mol. The third-order valence-electron chi connectivity index (χ3n) is 5.38. The van der Waals surface area contributed by atoms with Crippen LogP contribution in [0, 0.1) is 0 Å². The highest BCUT2D eigenvalue weighted by molar-refractivity contribution is 5.83. The van der Waals surface area contributed by atoms with Crippen molar-refractivity contribution in [2.75, 3.05) is 44.4 Å². The zero-order valence-corrected chi connectivity index (χ0v) is 15.8. The lowest BCUT2D eigenvalue weighted by molar-refractivity contribution is -0.133. The van der Waals surface area contributed by atoms with E-state index in [2.05, 4.69) is 17.0 Å². The number of hydrogen-bond donors (Lipinski definition) is 0. The fraction of sp³-hybridized carbons (Fsp3) is 0.409. The van der Waals surface area contributed by atoms with E-state index in [4.69, 9.17) is 9.47 Å². The van der Waals surface area contributed by atoms with Crippen LogP contribution in [-0.2, 0) is 16.1 Å². The maximum absolute atomic E-state index is 13.1. The van der Waals surface area contributed by atoms with Crippen molar-refractivity contribution in [2.45, 2.75) is 19.4 Å². The highest BCUT2D eigenvalue weighted by Crippen LogP contribution is 2.30. The van der Waals surface area contributed by atoms with Crippen LogP contribution in [0.25, 0.3) is 0 Å². The predicted molar refractivity (Wildman–Crippen MR) is 105 cm³/mol. The average Bonchev–Trinajstić information content (AvgIpc) is 2.96. The van der Waals surface area contributed by atoms with Crippen molar-refractivity contribution >= 4 is 11.6 Å². The van der Waals surface area contributed by atoms with Crippen LogP contribution in [0.4, 0.5) is 5.69 Å². The Bertz CT molecular complexity index is 787. The van der Waals surface area contributed by atoms with Crippen molar-refractivity contribution < 1.29 is 14.3 Å². The molecule has 2 aromatic carbocycles. The third-order valence-corrected chi connectivity index (χ3v) is 5.38. The fourth-order valence-electron chi connectivity index (χ4n) is 3.75. The van der Waals surface area contributed by atoms with E-state index in [1.165, 1.54) is 5.69 Å². The summed E-state index contributed by atoms with van der Waals surface area (Å²) in [6.45, 7) is 7.01. The first-order valence-corrected chi connectivity index (χ1v) is 9.64. The van der Waals surface area contributed by atoms with Crippen LogP contribution in [0.5, 0.6) is 5.75 Å². The number of ether oxygens (including phenoxy) is 2. The molecule has 27 heavy (non-hydrogen) atoms. The summed E-state index contributed by atoms with van der Waals surface area (Å²) in [4.78, 5) is 17.3. The van der Waals surface area contributed by atoms with E-state index in [-0.39, 0.29) is 11.8 Å². The molecule has 5 nitrogen and oxygen atoms in total. The molecule has 1 saturated heterocycles. The van der Waals surface area contributed by atoms with Crippen LogP contribution >= 0.6 is 0 Å². The molecule has 0 aromatic heterocycles. The summed E-state index contributed by atoms with van der Waals surface area (Å²) >= 11 is 0. The van der Waals surface area contributed by atoms with Crippen LogP contribution in [-0.4, -0.2) is 50.3 Å². The zero-order chi connectivity index (χ0) is 18.6. The Morgan fingerprint density at radius 2 is 1.78 bits per heavy atom. The minimum absolute atomic E-state index is 0.148. The van der Waals surface area contributed by atoms with Gasteiger partial charge in [0.25, 0.3) is 0 Å². The zero-order valence-electron chi connectivity index (χ0n) is 15.8. The highest BCUT2D eigenvalue weighted by Gasteiger charge is 2.25. The predicted octanol–water partition coefficient (Wildman–Crippen LogP) is 3.05. The Morgan fingerprint density at radius 1 is 1.00 bits per heavy atom. The first-order valence-electron chi connectivity index (χ1n) is 9.64. The Labute approximate surface area is 160 Å². The van der Waals surface area contributed by atoms with Gasteiger partial charge in [0.2, 0.25) is 5.91 Å². The SMILES string of the molecule is CC(C(=O)N1CCOc2ccc(N3CCOCC3)cc2C1)c1ccccc1. The second kappa shape index (κ2) is 8.01. The minimum atomic E-state index is -0.157. The summed E-state index contributed by atoms with van der Waals surface area (Å²) in [6.07, 6.45) is 0. The smallest absolute Gasteiger partial charge is 0.230 e. The van der Waals surface area contributed by atoms with Gasteiger partial charge in [-0.05, 0) is 30.7 Å². The summed E-state index contributed by atoms with van der Waals surface area (Å²) in [7, 11) is 0. The van der Waals surface area contributed by atoms with Gasteiger partial charge in [0.05, 0.1) is 25.7 Å². The number of anilines is 1. The van der Waals surface area contributed by atoms with Gasteiger partial charge < -0.3 is 19.3 Å². The van der Waals surface area contributed by atoms with Gasteiger partial charge in [0.15, 0.2) is 0 Å². The lowest BCUT2D eigenvalue weighted by Gasteiger charge is -2.29. The molecule has 0 saturated carbocycles. The fourth-order valence-corrected chi connectivity index (χ4v) is 3.75. The molecule has 2 heterocycles. The number of hydrogen-bond acceptors (Lipinski definition) is 4. The molecule has 0 bridgehead atoms. The first-order chi connectivity index (χ1) is 13.2. The molecule has 1 amide bonds. The largest absolute Gasteiger partial charge is 0.491 e. The maximum atomic E-state index is 13.1. The number of morpholine rings is 1. The van der Waals surface area contributed by atoms with Crippen LogP contribution in [0.2, 0.25) is 0 Å². The van der Waals surface area contributed by atoms with E-state index in [1.807, 2.05) is 48.2 Å². The lowest BCUT2D eigenvalue weighted by Crippen LogP contribution is -2.36. The van der Waals surface area contributed by atoms with Crippen molar-refractivity contribution in [3.63, 3.8) is 0 Å². The van der Waals surface area contributed by atoms with Crippen LogP contribution in [0.1, 0.15) is 24.0 Å².